The van der Waals surface area contributed by atoms with E-state index in [1.165, 1.54) is 9.80 Å². The standard InChI is InChI=1S/C21H15F3N4O3S/c22-13-8-12(15(23)17(29)16(13)24)18-26-25-14(32-18)10-28-20(31)27(19(30)21(28)6-7-21)9-11-4-2-1-3-5-11/h1-5,8,29H,6-7,9-10H2. The molecule has 1 aromatic heterocycles. The van der Waals surface area contributed by atoms with Crippen LogP contribution >= 0.6 is 11.3 Å². The molecule has 0 atom stereocenters. The Bertz CT molecular complexity index is 1250. The first-order valence-corrected chi connectivity index (χ1v) is 10.5. The fourth-order valence-electron chi connectivity index (χ4n) is 3.82. The first kappa shape index (κ1) is 20.4. The number of aromatic nitrogens is 2. The topological polar surface area (TPSA) is 86.6 Å². The number of carbonyl (C=O) groups is 2. The molecular weight excluding hydrogens is 445 g/mol. The third-order valence-corrected chi connectivity index (χ3v) is 6.59. The highest BCUT2D eigenvalue weighted by Gasteiger charge is 2.64. The van der Waals surface area contributed by atoms with Gasteiger partial charge in [0.1, 0.15) is 10.5 Å². The quantitative estimate of drug-likeness (QED) is 0.462. The number of rotatable bonds is 5. The number of halogens is 3. The molecule has 1 aliphatic heterocycles. The van der Waals surface area contributed by atoms with E-state index in [9.17, 15) is 27.9 Å². The molecule has 1 aliphatic carbocycles. The van der Waals surface area contributed by atoms with Gasteiger partial charge in [-0.3, -0.25) is 9.69 Å². The Hall–Kier alpha value is -3.47. The molecule has 0 bridgehead atoms. The van der Waals surface area contributed by atoms with Gasteiger partial charge in [-0.1, -0.05) is 41.7 Å². The molecule has 5 rings (SSSR count). The van der Waals surface area contributed by atoms with Gasteiger partial charge in [0.2, 0.25) is 5.82 Å². The van der Waals surface area contributed by atoms with Gasteiger partial charge in [-0.05, 0) is 24.5 Å². The molecule has 1 saturated heterocycles. The summed E-state index contributed by atoms with van der Waals surface area (Å²) in [6, 6.07) is 9.27. The van der Waals surface area contributed by atoms with E-state index in [2.05, 4.69) is 10.2 Å². The van der Waals surface area contributed by atoms with Crippen LogP contribution < -0.4 is 0 Å². The predicted molar refractivity (Wildman–Crippen MR) is 107 cm³/mol. The number of hydrogen-bond donors (Lipinski definition) is 1. The van der Waals surface area contributed by atoms with Crippen LogP contribution in [0.5, 0.6) is 5.75 Å². The molecule has 2 fully saturated rings. The van der Waals surface area contributed by atoms with E-state index in [4.69, 9.17) is 0 Å². The van der Waals surface area contributed by atoms with Crippen LogP contribution in [0.2, 0.25) is 0 Å². The van der Waals surface area contributed by atoms with Crippen LogP contribution in [-0.2, 0) is 17.9 Å². The summed E-state index contributed by atoms with van der Waals surface area (Å²) >= 11 is 0.861. The molecule has 2 aromatic carbocycles. The SMILES string of the molecule is O=C1N(Cc2ccccc2)C(=O)C2(CC2)N1Cc1nnc(-c2cc(F)c(F)c(O)c2F)s1. The molecule has 164 valence electrons. The van der Waals surface area contributed by atoms with E-state index in [0.29, 0.717) is 18.9 Å². The molecule has 32 heavy (non-hydrogen) atoms. The van der Waals surface area contributed by atoms with Crippen LogP contribution in [0.4, 0.5) is 18.0 Å². The molecule has 11 heteroatoms. The van der Waals surface area contributed by atoms with Crippen molar-refractivity contribution in [1.29, 1.82) is 0 Å². The number of hydrogen-bond acceptors (Lipinski definition) is 6. The second-order valence-electron chi connectivity index (χ2n) is 7.66. The van der Waals surface area contributed by atoms with Gasteiger partial charge in [-0.15, -0.1) is 10.2 Å². The number of phenolic OH excluding ortho intramolecular Hbond substituents is 1. The van der Waals surface area contributed by atoms with Crippen LogP contribution in [0.25, 0.3) is 10.6 Å². The van der Waals surface area contributed by atoms with E-state index in [1.807, 2.05) is 30.3 Å². The fourth-order valence-corrected chi connectivity index (χ4v) is 4.66. The Labute approximate surface area is 183 Å². The van der Waals surface area contributed by atoms with Gasteiger partial charge in [0, 0.05) is 0 Å². The lowest BCUT2D eigenvalue weighted by Gasteiger charge is -2.19. The van der Waals surface area contributed by atoms with Crippen LogP contribution in [0.15, 0.2) is 36.4 Å². The summed E-state index contributed by atoms with van der Waals surface area (Å²) in [5.41, 5.74) is -0.539. The van der Waals surface area contributed by atoms with Gasteiger partial charge < -0.3 is 10.0 Å². The maximum atomic E-state index is 14.2. The highest BCUT2D eigenvalue weighted by atomic mass is 32.1. The van der Waals surface area contributed by atoms with E-state index in [1.54, 1.807) is 0 Å². The van der Waals surface area contributed by atoms with Gasteiger partial charge >= 0.3 is 6.03 Å². The zero-order valence-electron chi connectivity index (χ0n) is 16.4. The van der Waals surface area contributed by atoms with Crippen molar-refractivity contribution in [3.05, 3.63) is 64.4 Å². The molecule has 2 heterocycles. The summed E-state index contributed by atoms with van der Waals surface area (Å²) in [6.07, 6.45) is 1.06. The van der Waals surface area contributed by atoms with Gasteiger partial charge in [-0.2, -0.15) is 4.39 Å². The number of benzene rings is 2. The number of imide groups is 1. The maximum Gasteiger partial charge on any atom is 0.328 e. The second kappa shape index (κ2) is 7.30. The third kappa shape index (κ3) is 3.11. The number of urea groups is 1. The van der Waals surface area contributed by atoms with E-state index in [-0.39, 0.29) is 29.0 Å². The predicted octanol–water partition coefficient (Wildman–Crippen LogP) is 3.83. The van der Waals surface area contributed by atoms with Crippen LogP contribution in [0.1, 0.15) is 23.4 Å². The smallest absolute Gasteiger partial charge is 0.328 e. The Balaban J connectivity index is 1.40. The second-order valence-corrected chi connectivity index (χ2v) is 8.72. The molecule has 3 amide bonds. The zero-order chi connectivity index (χ0) is 22.6. The van der Waals surface area contributed by atoms with Gasteiger partial charge in [-0.25, -0.2) is 13.6 Å². The lowest BCUT2D eigenvalue weighted by Crippen LogP contribution is -2.36. The number of phenols is 1. The van der Waals surface area contributed by atoms with Gasteiger partial charge in [0.15, 0.2) is 22.4 Å². The van der Waals surface area contributed by atoms with Crippen LogP contribution in [-0.4, -0.2) is 42.6 Å². The summed E-state index contributed by atoms with van der Waals surface area (Å²) in [6.45, 7) is 0.113. The highest BCUT2D eigenvalue weighted by molar-refractivity contribution is 7.14. The van der Waals surface area contributed by atoms with E-state index in [0.717, 1.165) is 16.9 Å². The molecule has 1 N–H and O–H groups in total. The molecule has 2 aliphatic rings. The Morgan fingerprint density at radius 1 is 1.03 bits per heavy atom. The summed E-state index contributed by atoms with van der Waals surface area (Å²) in [5.74, 6) is -6.18. The van der Waals surface area contributed by atoms with Crippen molar-refractivity contribution in [1.82, 2.24) is 20.0 Å². The molecule has 3 aromatic rings. The van der Waals surface area contributed by atoms with E-state index < -0.39 is 40.3 Å². The van der Waals surface area contributed by atoms with Crippen molar-refractivity contribution >= 4 is 23.3 Å². The van der Waals surface area contributed by atoms with Crippen molar-refractivity contribution in [2.24, 2.45) is 0 Å². The third-order valence-electron chi connectivity index (χ3n) is 5.65. The highest BCUT2D eigenvalue weighted by Crippen LogP contribution is 2.49. The molecule has 1 spiro atoms. The fraction of sp³-hybridized carbons (Fsp3) is 0.238. The summed E-state index contributed by atoms with van der Waals surface area (Å²) < 4.78 is 41.2. The number of aromatic hydroxyl groups is 1. The van der Waals surface area contributed by atoms with E-state index >= 15 is 0 Å². The first-order chi connectivity index (χ1) is 15.3. The van der Waals surface area contributed by atoms with Crippen LogP contribution in [0, 0.1) is 17.5 Å². The lowest BCUT2D eigenvalue weighted by atomic mass is 10.2. The number of carbonyl (C=O) groups excluding carboxylic acids is 2. The molecule has 1 saturated carbocycles. The van der Waals surface area contributed by atoms with Crippen molar-refractivity contribution < 1.29 is 27.9 Å². The van der Waals surface area contributed by atoms with Crippen LogP contribution in [0.3, 0.4) is 0 Å². The van der Waals surface area contributed by atoms with Crippen molar-refractivity contribution in [3.63, 3.8) is 0 Å². The summed E-state index contributed by atoms with van der Waals surface area (Å²) in [5, 5.41) is 17.3. The van der Waals surface area contributed by atoms with Crippen molar-refractivity contribution in [2.75, 3.05) is 0 Å². The monoisotopic (exact) mass is 460 g/mol. The first-order valence-electron chi connectivity index (χ1n) is 9.68. The lowest BCUT2D eigenvalue weighted by molar-refractivity contribution is -0.129. The molecule has 7 nitrogen and oxygen atoms in total. The number of nitrogens with zero attached hydrogens (tertiary/aromatic N) is 4. The minimum absolute atomic E-state index is 0.0369. The van der Waals surface area contributed by atoms with Crippen molar-refractivity contribution in [2.45, 2.75) is 31.5 Å². The average Bonchev–Trinajstić information content (AvgIpc) is 3.43. The Kier molecular flexibility index (Phi) is 4.66. The largest absolute Gasteiger partial charge is 0.503 e. The van der Waals surface area contributed by atoms with Gasteiger partial charge in [0.05, 0.1) is 18.7 Å². The zero-order valence-corrected chi connectivity index (χ0v) is 17.2. The number of amides is 3. The Morgan fingerprint density at radius 3 is 2.44 bits per heavy atom. The average molecular weight is 460 g/mol. The Morgan fingerprint density at radius 2 is 1.75 bits per heavy atom. The molecule has 0 unspecified atom stereocenters. The maximum absolute atomic E-state index is 14.2. The van der Waals surface area contributed by atoms with Crippen molar-refractivity contribution in [3.8, 4) is 16.3 Å². The normalized spacial score (nSPS) is 17.0. The minimum Gasteiger partial charge on any atom is -0.503 e. The van der Waals surface area contributed by atoms with Gasteiger partial charge in [0.25, 0.3) is 5.91 Å². The minimum atomic E-state index is -1.69. The molecular formula is C21H15F3N4O3S. The molecule has 0 radical (unpaired) electrons. The summed E-state index contributed by atoms with van der Waals surface area (Å²) in [7, 11) is 0. The summed E-state index contributed by atoms with van der Waals surface area (Å²) in [4.78, 5) is 28.6.